The number of aliphatic imine (C=N–C) groups is 2. The minimum Gasteiger partial charge on any atom is -0.280 e. The van der Waals surface area contributed by atoms with Crippen LogP contribution in [0.25, 0.3) is 0 Å². The first-order chi connectivity index (χ1) is 13.8. The molecule has 148 valence electrons. The van der Waals surface area contributed by atoms with Crippen molar-refractivity contribution in [1.29, 1.82) is 0 Å². The van der Waals surface area contributed by atoms with Gasteiger partial charge in [0.05, 0.1) is 16.3 Å². The number of halogens is 2. The van der Waals surface area contributed by atoms with Crippen molar-refractivity contribution in [2.75, 3.05) is 4.72 Å². The second-order valence-electron chi connectivity index (χ2n) is 6.13. The highest BCUT2D eigenvalue weighted by Crippen LogP contribution is 2.31. The van der Waals surface area contributed by atoms with Crippen molar-refractivity contribution in [1.82, 2.24) is 0 Å². The van der Waals surface area contributed by atoms with Crippen LogP contribution >= 0.6 is 11.6 Å². The standard InChI is InChI=1S/C21H17ClFN3O2S/c1-14(25-20-12-5-16(22)13-21(20)24-2)15-3-8-18(9-4-15)26-29(27,28)19-10-6-17(23)7-11-19/h3-13,26H,2H2,1H3. The normalized spacial score (nSPS) is 11.9. The average Bonchev–Trinajstić information content (AvgIpc) is 2.69. The molecular weight excluding hydrogens is 413 g/mol. The molecule has 0 heterocycles. The molecular formula is C21H17ClFN3O2S. The van der Waals surface area contributed by atoms with Crippen LogP contribution in [-0.2, 0) is 10.0 Å². The van der Waals surface area contributed by atoms with Crippen molar-refractivity contribution in [2.24, 2.45) is 9.98 Å². The quantitative estimate of drug-likeness (QED) is 0.506. The Hall–Kier alpha value is -3.03. The molecule has 5 nitrogen and oxygen atoms in total. The van der Waals surface area contributed by atoms with E-state index in [4.69, 9.17) is 11.6 Å². The van der Waals surface area contributed by atoms with Gasteiger partial charge in [-0.15, -0.1) is 0 Å². The summed E-state index contributed by atoms with van der Waals surface area (Å²) in [6, 6.07) is 16.5. The molecule has 0 aromatic heterocycles. The summed E-state index contributed by atoms with van der Waals surface area (Å²) in [5.74, 6) is -0.501. The van der Waals surface area contributed by atoms with Crippen molar-refractivity contribution >= 4 is 51.1 Å². The maximum absolute atomic E-state index is 13.0. The van der Waals surface area contributed by atoms with E-state index in [1.165, 1.54) is 12.1 Å². The largest absolute Gasteiger partial charge is 0.280 e. The van der Waals surface area contributed by atoms with Crippen molar-refractivity contribution < 1.29 is 12.8 Å². The van der Waals surface area contributed by atoms with Gasteiger partial charge in [-0.05, 0) is 73.8 Å². The van der Waals surface area contributed by atoms with Gasteiger partial charge >= 0.3 is 0 Å². The molecule has 0 aliphatic heterocycles. The number of hydrogen-bond donors (Lipinski definition) is 1. The van der Waals surface area contributed by atoms with Crippen LogP contribution in [0, 0.1) is 5.82 Å². The Morgan fingerprint density at radius 3 is 2.28 bits per heavy atom. The Balaban J connectivity index is 1.81. The Kier molecular flexibility index (Phi) is 6.10. The Morgan fingerprint density at radius 1 is 1.00 bits per heavy atom. The zero-order chi connectivity index (χ0) is 21.0. The van der Waals surface area contributed by atoms with Crippen LogP contribution in [0.1, 0.15) is 12.5 Å². The smallest absolute Gasteiger partial charge is 0.261 e. The molecule has 0 fully saturated rings. The van der Waals surface area contributed by atoms with Crippen LogP contribution in [-0.4, -0.2) is 20.8 Å². The molecule has 3 rings (SSSR count). The molecule has 0 spiro atoms. The third-order valence-corrected chi connectivity index (χ3v) is 5.71. The van der Waals surface area contributed by atoms with E-state index >= 15 is 0 Å². The number of benzene rings is 3. The third kappa shape index (κ3) is 5.07. The lowest BCUT2D eigenvalue weighted by molar-refractivity contribution is 0.599. The van der Waals surface area contributed by atoms with E-state index in [-0.39, 0.29) is 4.90 Å². The molecule has 1 N–H and O–H groups in total. The molecule has 29 heavy (non-hydrogen) atoms. The highest BCUT2D eigenvalue weighted by molar-refractivity contribution is 7.92. The van der Waals surface area contributed by atoms with E-state index in [0.717, 1.165) is 17.7 Å². The van der Waals surface area contributed by atoms with E-state index < -0.39 is 15.8 Å². The minimum atomic E-state index is -3.80. The molecule has 0 saturated heterocycles. The number of rotatable bonds is 6. The van der Waals surface area contributed by atoms with Crippen molar-refractivity contribution in [3.05, 3.63) is 83.1 Å². The van der Waals surface area contributed by atoms with Crippen LogP contribution in [0.3, 0.4) is 0 Å². The van der Waals surface area contributed by atoms with Gasteiger partial charge in [-0.2, -0.15) is 0 Å². The fraction of sp³-hybridized carbons (Fsp3) is 0.0476. The summed E-state index contributed by atoms with van der Waals surface area (Å²) in [6.07, 6.45) is 0. The number of sulfonamides is 1. The molecule has 0 saturated carbocycles. The molecule has 0 unspecified atom stereocenters. The molecule has 8 heteroatoms. The summed E-state index contributed by atoms with van der Waals surface area (Å²) in [7, 11) is -3.80. The SMILES string of the molecule is C=Nc1cc(Cl)ccc1N=C(C)c1ccc(NS(=O)(=O)c2ccc(F)cc2)cc1. The third-order valence-electron chi connectivity index (χ3n) is 4.07. The van der Waals surface area contributed by atoms with E-state index in [1.54, 1.807) is 42.5 Å². The van der Waals surface area contributed by atoms with Crippen LogP contribution in [0.5, 0.6) is 0 Å². The molecule has 0 bridgehead atoms. The van der Waals surface area contributed by atoms with E-state index in [2.05, 4.69) is 21.4 Å². The van der Waals surface area contributed by atoms with Gasteiger partial charge in [0.25, 0.3) is 10.0 Å². The van der Waals surface area contributed by atoms with Crippen LogP contribution in [0.2, 0.25) is 5.02 Å². The number of anilines is 1. The number of hydrogen-bond acceptors (Lipinski definition) is 4. The molecule has 0 aliphatic carbocycles. The summed E-state index contributed by atoms with van der Waals surface area (Å²) < 4.78 is 40.2. The highest BCUT2D eigenvalue weighted by Gasteiger charge is 2.14. The molecule has 3 aromatic rings. The lowest BCUT2D eigenvalue weighted by atomic mass is 10.1. The van der Waals surface area contributed by atoms with Gasteiger partial charge in [-0.1, -0.05) is 23.7 Å². The van der Waals surface area contributed by atoms with Gasteiger partial charge in [0, 0.05) is 16.4 Å². The van der Waals surface area contributed by atoms with Gasteiger partial charge in [-0.3, -0.25) is 14.7 Å². The minimum absolute atomic E-state index is 0.0205. The van der Waals surface area contributed by atoms with Gasteiger partial charge < -0.3 is 0 Å². The van der Waals surface area contributed by atoms with Crippen molar-refractivity contribution in [3.8, 4) is 0 Å². The fourth-order valence-corrected chi connectivity index (χ4v) is 3.80. The summed E-state index contributed by atoms with van der Waals surface area (Å²) in [5.41, 5.74) is 3.10. The maximum Gasteiger partial charge on any atom is 0.261 e. The second kappa shape index (κ2) is 8.55. The molecule has 0 radical (unpaired) electrons. The zero-order valence-electron chi connectivity index (χ0n) is 15.4. The number of nitrogens with one attached hydrogen (secondary N) is 1. The Labute approximate surface area is 173 Å². The topological polar surface area (TPSA) is 70.9 Å². The average molecular weight is 430 g/mol. The van der Waals surface area contributed by atoms with Crippen molar-refractivity contribution in [3.63, 3.8) is 0 Å². The van der Waals surface area contributed by atoms with Crippen LogP contribution in [0.4, 0.5) is 21.5 Å². The van der Waals surface area contributed by atoms with Crippen LogP contribution in [0.15, 0.2) is 81.6 Å². The summed E-state index contributed by atoms with van der Waals surface area (Å²) in [4.78, 5) is 8.46. The maximum atomic E-state index is 13.0. The monoisotopic (exact) mass is 429 g/mol. The second-order valence-corrected chi connectivity index (χ2v) is 8.24. The predicted molar refractivity (Wildman–Crippen MR) is 116 cm³/mol. The van der Waals surface area contributed by atoms with Crippen LogP contribution < -0.4 is 4.72 Å². The summed E-state index contributed by atoms with van der Waals surface area (Å²) in [5, 5.41) is 0.543. The van der Waals surface area contributed by atoms with E-state index in [9.17, 15) is 12.8 Å². The Morgan fingerprint density at radius 2 is 1.66 bits per heavy atom. The van der Waals surface area contributed by atoms with Gasteiger partial charge in [-0.25, -0.2) is 12.8 Å². The summed E-state index contributed by atoms with van der Waals surface area (Å²) >= 11 is 5.96. The first-order valence-corrected chi connectivity index (χ1v) is 10.3. The highest BCUT2D eigenvalue weighted by atomic mass is 35.5. The molecule has 3 aromatic carbocycles. The first kappa shape index (κ1) is 20.7. The molecule has 0 amide bonds. The zero-order valence-corrected chi connectivity index (χ0v) is 17.0. The van der Waals surface area contributed by atoms with Gasteiger partial charge in [0.15, 0.2) is 0 Å². The number of nitrogens with zero attached hydrogens (tertiary/aromatic N) is 2. The lowest BCUT2D eigenvalue weighted by Gasteiger charge is -2.09. The van der Waals surface area contributed by atoms with Crippen molar-refractivity contribution in [2.45, 2.75) is 11.8 Å². The van der Waals surface area contributed by atoms with E-state index in [1.807, 2.05) is 6.92 Å². The molecule has 0 aliphatic rings. The first-order valence-electron chi connectivity index (χ1n) is 8.49. The van der Waals surface area contributed by atoms with Gasteiger partial charge in [0.1, 0.15) is 5.82 Å². The Bertz CT molecular complexity index is 1180. The van der Waals surface area contributed by atoms with Gasteiger partial charge in [0.2, 0.25) is 0 Å². The van der Waals surface area contributed by atoms with E-state index in [0.29, 0.717) is 27.8 Å². The predicted octanol–water partition coefficient (Wildman–Crippen LogP) is 5.75. The fourth-order valence-electron chi connectivity index (χ4n) is 2.57. The lowest BCUT2D eigenvalue weighted by Crippen LogP contribution is -2.13. The molecule has 0 atom stereocenters. The summed E-state index contributed by atoms with van der Waals surface area (Å²) in [6.45, 7) is 5.36.